The van der Waals surface area contributed by atoms with Crippen LogP contribution in [0.3, 0.4) is 0 Å². The van der Waals surface area contributed by atoms with Gasteiger partial charge < -0.3 is 5.11 Å². The number of hydrogen-bond donors (Lipinski definition) is 1. The lowest BCUT2D eigenvalue weighted by Crippen LogP contribution is -2.17. The van der Waals surface area contributed by atoms with Gasteiger partial charge >= 0.3 is 0 Å². The highest BCUT2D eigenvalue weighted by Gasteiger charge is 2.14. The SMILES string of the molecule is C=C(Cl)C(O)C(C)CCCC. The summed E-state index contributed by atoms with van der Waals surface area (Å²) in [4.78, 5) is 0. The molecule has 0 aliphatic rings. The molecule has 0 heterocycles. The maximum Gasteiger partial charge on any atom is 0.0915 e. The van der Waals surface area contributed by atoms with E-state index < -0.39 is 6.10 Å². The van der Waals surface area contributed by atoms with Crippen molar-refractivity contribution in [2.45, 2.75) is 39.2 Å². The van der Waals surface area contributed by atoms with E-state index in [2.05, 4.69) is 13.5 Å². The van der Waals surface area contributed by atoms with Crippen LogP contribution in [0, 0.1) is 5.92 Å². The molecule has 0 fully saturated rings. The molecule has 0 aliphatic carbocycles. The smallest absolute Gasteiger partial charge is 0.0915 e. The Labute approximate surface area is 74.1 Å². The van der Waals surface area contributed by atoms with Crippen LogP contribution in [-0.2, 0) is 0 Å². The van der Waals surface area contributed by atoms with Crippen LogP contribution in [-0.4, -0.2) is 11.2 Å². The van der Waals surface area contributed by atoms with E-state index >= 15 is 0 Å². The van der Waals surface area contributed by atoms with Gasteiger partial charge in [-0.25, -0.2) is 0 Å². The van der Waals surface area contributed by atoms with E-state index in [1.54, 1.807) is 0 Å². The Morgan fingerprint density at radius 2 is 2.18 bits per heavy atom. The summed E-state index contributed by atoms with van der Waals surface area (Å²) in [6, 6.07) is 0. The van der Waals surface area contributed by atoms with Crippen molar-refractivity contribution in [3.63, 3.8) is 0 Å². The van der Waals surface area contributed by atoms with Gasteiger partial charge in [-0.2, -0.15) is 0 Å². The Hall–Kier alpha value is -0.0100. The molecule has 66 valence electrons. The van der Waals surface area contributed by atoms with Crippen molar-refractivity contribution in [1.29, 1.82) is 0 Å². The molecule has 2 unspecified atom stereocenters. The second kappa shape index (κ2) is 5.62. The number of rotatable bonds is 5. The number of halogens is 1. The molecule has 11 heavy (non-hydrogen) atoms. The van der Waals surface area contributed by atoms with Gasteiger partial charge in [0.05, 0.1) is 6.10 Å². The third-order valence-electron chi connectivity index (χ3n) is 1.87. The van der Waals surface area contributed by atoms with E-state index in [0.29, 0.717) is 5.03 Å². The zero-order valence-corrected chi connectivity index (χ0v) is 8.06. The van der Waals surface area contributed by atoms with Gasteiger partial charge in [0.25, 0.3) is 0 Å². The summed E-state index contributed by atoms with van der Waals surface area (Å²) in [5.41, 5.74) is 0. The molecule has 0 aromatic rings. The monoisotopic (exact) mass is 176 g/mol. The summed E-state index contributed by atoms with van der Waals surface area (Å²) in [5, 5.41) is 9.75. The largest absolute Gasteiger partial charge is 0.387 e. The summed E-state index contributed by atoms with van der Waals surface area (Å²) in [7, 11) is 0. The molecule has 0 radical (unpaired) electrons. The summed E-state index contributed by atoms with van der Waals surface area (Å²) >= 11 is 5.56. The molecule has 0 spiro atoms. The minimum absolute atomic E-state index is 0.236. The summed E-state index contributed by atoms with van der Waals surface area (Å²) in [6.07, 6.45) is 2.78. The normalized spacial score (nSPS) is 16.0. The average molecular weight is 177 g/mol. The van der Waals surface area contributed by atoms with E-state index in [1.165, 1.54) is 0 Å². The van der Waals surface area contributed by atoms with Gasteiger partial charge in [0.1, 0.15) is 0 Å². The zero-order valence-electron chi connectivity index (χ0n) is 7.31. The molecule has 0 saturated heterocycles. The van der Waals surface area contributed by atoms with Crippen molar-refractivity contribution >= 4 is 11.6 Å². The third kappa shape index (κ3) is 4.44. The van der Waals surface area contributed by atoms with Crippen LogP contribution in [0.25, 0.3) is 0 Å². The Balaban J connectivity index is 3.63. The first-order valence-electron chi connectivity index (χ1n) is 4.12. The van der Waals surface area contributed by atoms with E-state index in [9.17, 15) is 5.11 Å². The first kappa shape index (κ1) is 11.0. The fourth-order valence-corrected chi connectivity index (χ4v) is 1.21. The van der Waals surface area contributed by atoms with Gasteiger partial charge in [0.15, 0.2) is 0 Å². The summed E-state index contributed by atoms with van der Waals surface area (Å²) in [6.45, 7) is 7.63. The standard InChI is InChI=1S/C9H17ClO/c1-4-5-6-7(2)9(11)8(3)10/h7,9,11H,3-6H2,1-2H3. The van der Waals surface area contributed by atoms with Crippen molar-refractivity contribution in [3.05, 3.63) is 11.6 Å². The lowest BCUT2D eigenvalue weighted by Gasteiger charge is -2.16. The molecule has 1 nitrogen and oxygen atoms in total. The van der Waals surface area contributed by atoms with Crippen molar-refractivity contribution < 1.29 is 5.11 Å². The van der Waals surface area contributed by atoms with Crippen molar-refractivity contribution in [1.82, 2.24) is 0 Å². The molecular formula is C9H17ClO. The molecule has 1 N–H and O–H groups in total. The molecular weight excluding hydrogens is 160 g/mol. The highest BCUT2D eigenvalue weighted by Crippen LogP contribution is 2.19. The fraction of sp³-hybridized carbons (Fsp3) is 0.778. The van der Waals surface area contributed by atoms with E-state index in [0.717, 1.165) is 19.3 Å². The third-order valence-corrected chi connectivity index (χ3v) is 2.10. The van der Waals surface area contributed by atoms with Gasteiger partial charge in [-0.15, -0.1) is 0 Å². The van der Waals surface area contributed by atoms with Crippen LogP contribution >= 0.6 is 11.6 Å². The highest BCUT2D eigenvalue weighted by atomic mass is 35.5. The molecule has 2 heteroatoms. The molecule has 0 saturated carbocycles. The Morgan fingerprint density at radius 1 is 1.64 bits per heavy atom. The predicted octanol–water partition coefficient (Wildman–Crippen LogP) is 2.93. The molecule has 0 aromatic heterocycles. The minimum atomic E-state index is -0.539. The Morgan fingerprint density at radius 3 is 2.55 bits per heavy atom. The Kier molecular flexibility index (Phi) is 5.61. The first-order chi connectivity index (χ1) is 5.09. The summed E-state index contributed by atoms with van der Waals surface area (Å²) in [5.74, 6) is 0.236. The van der Waals surface area contributed by atoms with Crippen molar-refractivity contribution in [2.75, 3.05) is 0 Å². The molecule has 0 rings (SSSR count). The quantitative estimate of drug-likeness (QED) is 0.683. The maximum atomic E-state index is 9.39. The Bertz CT molecular complexity index is 123. The van der Waals surface area contributed by atoms with E-state index in [4.69, 9.17) is 11.6 Å². The van der Waals surface area contributed by atoms with Gasteiger partial charge in [-0.1, -0.05) is 44.9 Å². The molecule has 0 aromatic carbocycles. The second-order valence-corrected chi connectivity index (χ2v) is 3.50. The lowest BCUT2D eigenvalue weighted by molar-refractivity contribution is 0.151. The maximum absolute atomic E-state index is 9.39. The summed E-state index contributed by atoms with van der Waals surface area (Å²) < 4.78 is 0. The van der Waals surface area contributed by atoms with Gasteiger partial charge in [0.2, 0.25) is 0 Å². The lowest BCUT2D eigenvalue weighted by atomic mass is 9.98. The first-order valence-corrected chi connectivity index (χ1v) is 4.49. The topological polar surface area (TPSA) is 20.2 Å². The zero-order chi connectivity index (χ0) is 8.85. The van der Waals surface area contributed by atoms with Crippen LogP contribution < -0.4 is 0 Å². The second-order valence-electron chi connectivity index (χ2n) is 3.01. The van der Waals surface area contributed by atoms with Crippen LogP contribution in [0.15, 0.2) is 11.6 Å². The van der Waals surface area contributed by atoms with Crippen LogP contribution in [0.5, 0.6) is 0 Å². The minimum Gasteiger partial charge on any atom is -0.387 e. The molecule has 0 bridgehead atoms. The number of aliphatic hydroxyl groups excluding tert-OH is 1. The van der Waals surface area contributed by atoms with Gasteiger partial charge in [-0.05, 0) is 12.3 Å². The number of unbranched alkanes of at least 4 members (excludes halogenated alkanes) is 1. The van der Waals surface area contributed by atoms with Crippen LogP contribution in [0.1, 0.15) is 33.1 Å². The molecule has 0 amide bonds. The molecule has 0 aliphatic heterocycles. The molecule has 2 atom stereocenters. The van der Waals surface area contributed by atoms with Gasteiger partial charge in [0, 0.05) is 5.03 Å². The average Bonchev–Trinajstić information content (AvgIpc) is 1.98. The number of aliphatic hydroxyl groups is 1. The highest BCUT2D eigenvalue weighted by molar-refractivity contribution is 6.29. The van der Waals surface area contributed by atoms with Crippen LogP contribution in [0.2, 0.25) is 0 Å². The number of hydrogen-bond acceptors (Lipinski definition) is 1. The van der Waals surface area contributed by atoms with E-state index in [-0.39, 0.29) is 5.92 Å². The van der Waals surface area contributed by atoms with E-state index in [1.807, 2.05) is 6.92 Å². The van der Waals surface area contributed by atoms with Crippen molar-refractivity contribution in [2.24, 2.45) is 5.92 Å². The predicted molar refractivity (Wildman–Crippen MR) is 49.7 cm³/mol. The fourth-order valence-electron chi connectivity index (χ4n) is 0.993. The van der Waals surface area contributed by atoms with Crippen molar-refractivity contribution in [3.8, 4) is 0 Å². The van der Waals surface area contributed by atoms with Crippen LogP contribution in [0.4, 0.5) is 0 Å². The van der Waals surface area contributed by atoms with Gasteiger partial charge in [-0.3, -0.25) is 0 Å².